The Kier molecular flexibility index (Phi) is 5.18. The van der Waals surface area contributed by atoms with E-state index in [1.54, 1.807) is 0 Å². The van der Waals surface area contributed by atoms with Crippen molar-refractivity contribution < 1.29 is 0 Å². The highest BCUT2D eigenvalue weighted by Crippen LogP contribution is 2.15. The summed E-state index contributed by atoms with van der Waals surface area (Å²) < 4.78 is 2.03. The second-order valence-electron chi connectivity index (χ2n) is 6.20. The topological polar surface area (TPSA) is 29.9 Å². The number of benzene rings is 1. The monoisotopic (exact) mass is 285 g/mol. The molecule has 0 bridgehead atoms. The highest BCUT2D eigenvalue weighted by molar-refractivity contribution is 5.31. The zero-order chi connectivity index (χ0) is 15.4. The molecule has 0 fully saturated rings. The van der Waals surface area contributed by atoms with Gasteiger partial charge in [0.25, 0.3) is 0 Å². The van der Waals surface area contributed by atoms with Gasteiger partial charge in [-0.2, -0.15) is 5.10 Å². The number of nitrogens with zero attached hydrogens (tertiary/aromatic N) is 2. The van der Waals surface area contributed by atoms with E-state index in [2.05, 4.69) is 68.6 Å². The number of likely N-dealkylation sites (N-methyl/N-ethyl adjacent to an activating group) is 1. The molecule has 1 aromatic carbocycles. The first-order valence-electron chi connectivity index (χ1n) is 7.77. The Morgan fingerprint density at radius 2 is 1.90 bits per heavy atom. The first-order valence-corrected chi connectivity index (χ1v) is 7.77. The normalized spacial score (nSPS) is 12.9. The predicted molar refractivity (Wildman–Crippen MR) is 88.8 cm³/mol. The van der Waals surface area contributed by atoms with Gasteiger partial charge in [-0.1, -0.05) is 23.8 Å². The molecule has 2 rings (SSSR count). The van der Waals surface area contributed by atoms with Crippen molar-refractivity contribution in [1.29, 1.82) is 0 Å². The van der Waals surface area contributed by atoms with Gasteiger partial charge >= 0.3 is 0 Å². The van der Waals surface area contributed by atoms with E-state index in [4.69, 9.17) is 0 Å². The van der Waals surface area contributed by atoms with Crippen LogP contribution in [0, 0.1) is 13.8 Å². The van der Waals surface area contributed by atoms with Crippen LogP contribution >= 0.6 is 0 Å². The first-order chi connectivity index (χ1) is 9.99. The van der Waals surface area contributed by atoms with Gasteiger partial charge in [0.2, 0.25) is 0 Å². The van der Waals surface area contributed by atoms with Crippen LogP contribution in [0.4, 0.5) is 0 Å². The number of nitrogens with one attached hydrogen (secondary N) is 1. The third kappa shape index (κ3) is 4.18. The molecule has 1 atom stereocenters. The summed E-state index contributed by atoms with van der Waals surface area (Å²) in [7, 11) is 2.04. The molecule has 2 aromatic rings. The predicted octanol–water partition coefficient (Wildman–Crippen LogP) is 3.45. The van der Waals surface area contributed by atoms with Crippen molar-refractivity contribution in [1.82, 2.24) is 15.1 Å². The van der Waals surface area contributed by atoms with Gasteiger partial charge < -0.3 is 5.32 Å². The molecule has 0 aliphatic carbocycles. The van der Waals surface area contributed by atoms with E-state index in [-0.39, 0.29) is 0 Å². The van der Waals surface area contributed by atoms with Gasteiger partial charge in [-0.3, -0.25) is 4.68 Å². The summed E-state index contributed by atoms with van der Waals surface area (Å²) in [5, 5.41) is 8.09. The molecule has 0 spiro atoms. The fraction of sp³-hybridized carbons (Fsp3) is 0.500. The Balaban J connectivity index is 2.07. The maximum Gasteiger partial charge on any atom is 0.0640 e. The lowest BCUT2D eigenvalue weighted by molar-refractivity contribution is 0.508. The van der Waals surface area contributed by atoms with Crippen LogP contribution in [-0.4, -0.2) is 22.9 Å². The van der Waals surface area contributed by atoms with E-state index >= 15 is 0 Å². The fourth-order valence-corrected chi connectivity index (χ4v) is 2.59. The van der Waals surface area contributed by atoms with E-state index in [1.165, 1.54) is 16.7 Å². The molecule has 1 unspecified atom stereocenters. The van der Waals surface area contributed by atoms with Gasteiger partial charge in [0.15, 0.2) is 0 Å². The maximum atomic E-state index is 4.66. The van der Waals surface area contributed by atoms with E-state index < -0.39 is 0 Å². The second kappa shape index (κ2) is 6.90. The molecule has 1 aromatic heterocycles. The number of rotatable bonds is 6. The van der Waals surface area contributed by atoms with Gasteiger partial charge in [0.1, 0.15) is 0 Å². The van der Waals surface area contributed by atoms with E-state index in [0.29, 0.717) is 12.1 Å². The summed E-state index contributed by atoms with van der Waals surface area (Å²) in [5.41, 5.74) is 5.29. The third-order valence-electron chi connectivity index (χ3n) is 4.03. The van der Waals surface area contributed by atoms with E-state index in [0.717, 1.165) is 18.5 Å². The minimum Gasteiger partial charge on any atom is -0.316 e. The molecule has 114 valence electrons. The fourth-order valence-electron chi connectivity index (χ4n) is 2.59. The molecule has 0 amide bonds. The molecule has 0 saturated heterocycles. The van der Waals surface area contributed by atoms with Crippen molar-refractivity contribution in [2.24, 2.45) is 0 Å². The lowest BCUT2D eigenvalue weighted by atomic mass is 9.97. The quantitative estimate of drug-likeness (QED) is 0.881. The summed E-state index contributed by atoms with van der Waals surface area (Å²) in [5.74, 6) is 0. The minimum absolute atomic E-state index is 0.418. The second-order valence-corrected chi connectivity index (χ2v) is 6.20. The van der Waals surface area contributed by atoms with Crippen LogP contribution in [0.5, 0.6) is 0 Å². The molecule has 0 radical (unpaired) electrons. The van der Waals surface area contributed by atoms with Crippen LogP contribution in [0.15, 0.2) is 30.5 Å². The third-order valence-corrected chi connectivity index (χ3v) is 4.03. The van der Waals surface area contributed by atoms with Crippen molar-refractivity contribution in [3.8, 4) is 0 Å². The molecular weight excluding hydrogens is 258 g/mol. The standard InChI is InChI=1S/C18H27N3/c1-13(2)21-9-8-17(20-21)12-18(19-5)11-16-10-14(3)6-7-15(16)4/h6-10,13,18-19H,11-12H2,1-5H3. The molecule has 1 heterocycles. The van der Waals surface area contributed by atoms with Crippen molar-refractivity contribution in [2.75, 3.05) is 7.05 Å². The van der Waals surface area contributed by atoms with Gasteiger partial charge in [-0.25, -0.2) is 0 Å². The lowest BCUT2D eigenvalue weighted by Gasteiger charge is -2.17. The number of aryl methyl sites for hydroxylation is 2. The van der Waals surface area contributed by atoms with Crippen molar-refractivity contribution in [2.45, 2.75) is 52.6 Å². The Morgan fingerprint density at radius 3 is 2.52 bits per heavy atom. The lowest BCUT2D eigenvalue weighted by Crippen LogP contribution is -2.30. The van der Waals surface area contributed by atoms with Crippen LogP contribution in [0.2, 0.25) is 0 Å². The number of hydrogen-bond acceptors (Lipinski definition) is 2. The molecule has 0 saturated carbocycles. The Morgan fingerprint density at radius 1 is 1.14 bits per heavy atom. The number of aromatic nitrogens is 2. The molecular formula is C18H27N3. The van der Waals surface area contributed by atoms with Crippen molar-refractivity contribution >= 4 is 0 Å². The molecule has 3 nitrogen and oxygen atoms in total. The maximum absolute atomic E-state index is 4.66. The van der Waals surface area contributed by atoms with Crippen molar-refractivity contribution in [3.63, 3.8) is 0 Å². The Hall–Kier alpha value is -1.61. The van der Waals surface area contributed by atoms with Crippen LogP contribution in [0.3, 0.4) is 0 Å². The first kappa shape index (κ1) is 15.8. The summed E-state index contributed by atoms with van der Waals surface area (Å²) in [6.07, 6.45) is 4.08. The minimum atomic E-state index is 0.418. The van der Waals surface area contributed by atoms with E-state index in [1.807, 2.05) is 11.7 Å². The zero-order valence-corrected chi connectivity index (χ0v) is 13.9. The molecule has 21 heavy (non-hydrogen) atoms. The molecule has 1 N–H and O–H groups in total. The molecule has 3 heteroatoms. The highest BCUT2D eigenvalue weighted by Gasteiger charge is 2.12. The average Bonchev–Trinajstić information content (AvgIpc) is 2.90. The number of hydrogen-bond donors (Lipinski definition) is 1. The van der Waals surface area contributed by atoms with Crippen LogP contribution in [0.1, 0.15) is 42.3 Å². The summed E-state index contributed by atoms with van der Waals surface area (Å²) in [4.78, 5) is 0. The van der Waals surface area contributed by atoms with Gasteiger partial charge in [0.05, 0.1) is 5.69 Å². The molecule has 0 aliphatic rings. The average molecular weight is 285 g/mol. The largest absolute Gasteiger partial charge is 0.316 e. The van der Waals surface area contributed by atoms with Gasteiger partial charge in [-0.15, -0.1) is 0 Å². The van der Waals surface area contributed by atoms with Crippen molar-refractivity contribution in [3.05, 3.63) is 52.8 Å². The van der Waals surface area contributed by atoms with Crippen LogP contribution in [0.25, 0.3) is 0 Å². The smallest absolute Gasteiger partial charge is 0.0640 e. The SMILES string of the molecule is CNC(Cc1ccn(C(C)C)n1)Cc1cc(C)ccc1C. The Labute approximate surface area is 128 Å². The zero-order valence-electron chi connectivity index (χ0n) is 13.9. The summed E-state index contributed by atoms with van der Waals surface area (Å²) in [6, 6.07) is 9.66. The van der Waals surface area contributed by atoms with Crippen LogP contribution in [-0.2, 0) is 12.8 Å². The van der Waals surface area contributed by atoms with Gasteiger partial charge in [0, 0.05) is 24.7 Å². The summed E-state index contributed by atoms with van der Waals surface area (Å²) >= 11 is 0. The molecule has 0 aliphatic heterocycles. The van der Waals surface area contributed by atoms with Crippen LogP contribution < -0.4 is 5.32 Å². The van der Waals surface area contributed by atoms with Gasteiger partial charge in [-0.05, 0) is 58.4 Å². The van der Waals surface area contributed by atoms with E-state index in [9.17, 15) is 0 Å². The Bertz CT molecular complexity index is 584. The summed E-state index contributed by atoms with van der Waals surface area (Å²) in [6.45, 7) is 8.65. The highest BCUT2D eigenvalue weighted by atomic mass is 15.3.